The summed E-state index contributed by atoms with van der Waals surface area (Å²) in [6, 6.07) is 5.46. The first-order chi connectivity index (χ1) is 10.6. The molecule has 1 aromatic rings. The van der Waals surface area contributed by atoms with Crippen molar-refractivity contribution in [3.8, 4) is 11.5 Å². The second kappa shape index (κ2) is 9.89. The Balaban J connectivity index is 2.66. The number of nitrogens with one attached hydrogen (secondary N) is 1. The molecule has 4 N–H and O–H groups in total. The fourth-order valence-corrected chi connectivity index (χ4v) is 2.25. The highest BCUT2D eigenvalue weighted by Gasteiger charge is 2.08. The maximum atomic E-state index is 9.05. The number of benzene rings is 1. The van der Waals surface area contributed by atoms with Crippen molar-refractivity contribution < 1.29 is 14.6 Å². The van der Waals surface area contributed by atoms with Gasteiger partial charge in [-0.2, -0.15) is 0 Å². The molecule has 0 bridgehead atoms. The van der Waals surface area contributed by atoms with Crippen LogP contribution in [0.4, 0.5) is 5.69 Å². The van der Waals surface area contributed by atoms with Crippen LogP contribution in [0.15, 0.2) is 23.2 Å². The molecule has 0 aliphatic heterocycles. The lowest BCUT2D eigenvalue weighted by Gasteiger charge is -2.13. The first kappa shape index (κ1) is 18.1. The van der Waals surface area contributed by atoms with Gasteiger partial charge in [0.1, 0.15) is 0 Å². The van der Waals surface area contributed by atoms with Crippen LogP contribution in [0.2, 0.25) is 0 Å². The zero-order chi connectivity index (χ0) is 16.4. The molecule has 1 atom stereocenters. The Labute approximate surface area is 132 Å². The van der Waals surface area contributed by atoms with Crippen molar-refractivity contribution in [3.63, 3.8) is 0 Å². The number of aliphatic imine (C=N–C) groups is 1. The van der Waals surface area contributed by atoms with Crippen molar-refractivity contribution in [2.24, 2.45) is 16.6 Å². The SMILES string of the molecule is CCCC(CCO)CN=C(N)Nc1ccc(OC)c(OC)c1. The molecule has 1 rings (SSSR count). The Morgan fingerprint density at radius 3 is 2.59 bits per heavy atom. The fraction of sp³-hybridized carbons (Fsp3) is 0.562. The highest BCUT2D eigenvalue weighted by atomic mass is 16.5. The van der Waals surface area contributed by atoms with Gasteiger partial charge in [0.2, 0.25) is 0 Å². The maximum absolute atomic E-state index is 9.05. The Morgan fingerprint density at radius 2 is 2.00 bits per heavy atom. The largest absolute Gasteiger partial charge is 0.493 e. The molecule has 0 aromatic heterocycles. The number of anilines is 1. The van der Waals surface area contributed by atoms with E-state index in [2.05, 4.69) is 17.2 Å². The smallest absolute Gasteiger partial charge is 0.193 e. The van der Waals surface area contributed by atoms with Crippen molar-refractivity contribution in [2.45, 2.75) is 26.2 Å². The van der Waals surface area contributed by atoms with Crippen molar-refractivity contribution in [1.29, 1.82) is 0 Å². The molecule has 0 fully saturated rings. The van der Waals surface area contributed by atoms with Gasteiger partial charge in [-0.15, -0.1) is 0 Å². The predicted octanol–water partition coefficient (Wildman–Crippen LogP) is 2.23. The Hall–Kier alpha value is -1.95. The van der Waals surface area contributed by atoms with Crippen LogP contribution < -0.4 is 20.5 Å². The third-order valence-electron chi connectivity index (χ3n) is 3.41. The van der Waals surface area contributed by atoms with E-state index < -0.39 is 0 Å². The molecule has 0 saturated carbocycles. The molecular weight excluding hydrogens is 282 g/mol. The van der Waals surface area contributed by atoms with E-state index in [-0.39, 0.29) is 6.61 Å². The molecule has 124 valence electrons. The molecule has 0 amide bonds. The minimum atomic E-state index is 0.184. The number of aliphatic hydroxyl groups is 1. The lowest BCUT2D eigenvalue weighted by molar-refractivity contribution is 0.253. The number of aliphatic hydroxyl groups excluding tert-OH is 1. The second-order valence-electron chi connectivity index (χ2n) is 5.09. The minimum absolute atomic E-state index is 0.184. The fourth-order valence-electron chi connectivity index (χ4n) is 2.25. The lowest BCUT2D eigenvalue weighted by atomic mass is 10.0. The summed E-state index contributed by atoms with van der Waals surface area (Å²) < 4.78 is 10.4. The Bertz CT molecular complexity index is 472. The number of ether oxygens (including phenoxy) is 2. The molecule has 6 heteroatoms. The predicted molar refractivity (Wildman–Crippen MR) is 89.8 cm³/mol. The van der Waals surface area contributed by atoms with Crippen LogP contribution in [0, 0.1) is 5.92 Å². The summed E-state index contributed by atoms with van der Waals surface area (Å²) >= 11 is 0. The van der Waals surface area contributed by atoms with Gasteiger partial charge in [-0.3, -0.25) is 4.99 Å². The number of nitrogens with two attached hydrogens (primary N) is 1. The van der Waals surface area contributed by atoms with Crippen LogP contribution in [-0.2, 0) is 0 Å². The van der Waals surface area contributed by atoms with E-state index in [1.807, 2.05) is 6.07 Å². The van der Waals surface area contributed by atoms with Crippen LogP contribution in [0.3, 0.4) is 0 Å². The number of guanidine groups is 1. The molecule has 22 heavy (non-hydrogen) atoms. The second-order valence-corrected chi connectivity index (χ2v) is 5.09. The first-order valence-electron chi connectivity index (χ1n) is 7.54. The summed E-state index contributed by atoms with van der Waals surface area (Å²) in [6.07, 6.45) is 2.86. The summed E-state index contributed by atoms with van der Waals surface area (Å²) in [6.45, 7) is 2.92. The lowest BCUT2D eigenvalue weighted by Crippen LogP contribution is -2.24. The Morgan fingerprint density at radius 1 is 1.27 bits per heavy atom. The zero-order valence-corrected chi connectivity index (χ0v) is 13.6. The normalized spacial score (nSPS) is 12.8. The van der Waals surface area contributed by atoms with Crippen molar-refractivity contribution in [1.82, 2.24) is 0 Å². The number of methoxy groups -OCH3 is 2. The molecule has 0 aliphatic carbocycles. The van der Waals surface area contributed by atoms with Gasteiger partial charge in [-0.25, -0.2) is 0 Å². The third-order valence-corrected chi connectivity index (χ3v) is 3.41. The zero-order valence-electron chi connectivity index (χ0n) is 13.6. The van der Waals surface area contributed by atoms with Crippen LogP contribution in [-0.4, -0.2) is 38.4 Å². The molecule has 1 unspecified atom stereocenters. The van der Waals surface area contributed by atoms with E-state index in [0.717, 1.165) is 24.9 Å². The average Bonchev–Trinajstić information content (AvgIpc) is 2.53. The third kappa shape index (κ3) is 5.81. The Kier molecular flexibility index (Phi) is 8.14. The highest BCUT2D eigenvalue weighted by Crippen LogP contribution is 2.29. The minimum Gasteiger partial charge on any atom is -0.493 e. The van der Waals surface area contributed by atoms with Crippen molar-refractivity contribution in [3.05, 3.63) is 18.2 Å². The van der Waals surface area contributed by atoms with Gasteiger partial charge in [-0.05, 0) is 30.9 Å². The number of rotatable bonds is 9. The topological polar surface area (TPSA) is 89.1 Å². The van der Waals surface area contributed by atoms with Gasteiger partial charge in [0.15, 0.2) is 17.5 Å². The standard InChI is InChI=1S/C16H27N3O3/c1-4-5-12(8-9-20)11-18-16(17)19-13-6-7-14(21-2)15(10-13)22-3/h6-7,10,12,20H,4-5,8-9,11H2,1-3H3,(H3,17,18,19). The average molecular weight is 309 g/mol. The number of hydrogen-bond acceptors (Lipinski definition) is 4. The quantitative estimate of drug-likeness (QED) is 0.481. The molecule has 0 spiro atoms. The highest BCUT2D eigenvalue weighted by molar-refractivity contribution is 5.92. The van der Waals surface area contributed by atoms with Gasteiger partial charge in [0.05, 0.1) is 14.2 Å². The van der Waals surface area contributed by atoms with Gasteiger partial charge in [0, 0.05) is 24.9 Å². The van der Waals surface area contributed by atoms with E-state index >= 15 is 0 Å². The van der Waals surface area contributed by atoms with Crippen LogP contribution >= 0.6 is 0 Å². The van der Waals surface area contributed by atoms with Crippen LogP contribution in [0.1, 0.15) is 26.2 Å². The van der Waals surface area contributed by atoms with Gasteiger partial charge >= 0.3 is 0 Å². The summed E-state index contributed by atoms with van der Waals surface area (Å²) in [5.41, 5.74) is 6.70. The van der Waals surface area contributed by atoms with Crippen LogP contribution in [0.5, 0.6) is 11.5 Å². The van der Waals surface area contributed by atoms with Gasteiger partial charge in [-0.1, -0.05) is 13.3 Å². The van der Waals surface area contributed by atoms with E-state index in [1.165, 1.54) is 0 Å². The van der Waals surface area contributed by atoms with Gasteiger partial charge in [0.25, 0.3) is 0 Å². The first-order valence-corrected chi connectivity index (χ1v) is 7.54. The molecule has 0 aliphatic rings. The number of nitrogens with zero attached hydrogens (tertiary/aromatic N) is 1. The van der Waals surface area contributed by atoms with Crippen molar-refractivity contribution >= 4 is 11.6 Å². The molecule has 1 aromatic carbocycles. The molecule has 0 radical (unpaired) electrons. The summed E-state index contributed by atoms with van der Waals surface area (Å²) in [4.78, 5) is 4.36. The monoisotopic (exact) mass is 309 g/mol. The molecule has 0 heterocycles. The number of hydrogen-bond donors (Lipinski definition) is 3. The summed E-state index contributed by atoms with van der Waals surface area (Å²) in [5.74, 6) is 2.01. The van der Waals surface area contributed by atoms with Crippen LogP contribution in [0.25, 0.3) is 0 Å². The van der Waals surface area contributed by atoms with E-state index in [0.29, 0.717) is 29.9 Å². The van der Waals surface area contributed by atoms with E-state index in [1.54, 1.807) is 26.4 Å². The van der Waals surface area contributed by atoms with Gasteiger partial charge < -0.3 is 25.6 Å². The molecular formula is C16H27N3O3. The van der Waals surface area contributed by atoms with E-state index in [4.69, 9.17) is 20.3 Å². The molecule has 6 nitrogen and oxygen atoms in total. The maximum Gasteiger partial charge on any atom is 0.193 e. The molecule has 0 saturated heterocycles. The van der Waals surface area contributed by atoms with E-state index in [9.17, 15) is 0 Å². The summed E-state index contributed by atoms with van der Waals surface area (Å²) in [5, 5.41) is 12.1. The van der Waals surface area contributed by atoms with Crippen molar-refractivity contribution in [2.75, 3.05) is 32.7 Å². The summed E-state index contributed by atoms with van der Waals surface area (Å²) in [7, 11) is 3.18.